The Morgan fingerprint density at radius 2 is 2.19 bits per heavy atom. The van der Waals surface area contributed by atoms with E-state index in [2.05, 4.69) is 21.7 Å². The molecule has 21 heavy (non-hydrogen) atoms. The molecule has 0 bridgehead atoms. The van der Waals surface area contributed by atoms with Crippen LogP contribution in [0, 0.1) is 21.4 Å². The third kappa shape index (κ3) is 3.45. The molecule has 7 nitrogen and oxygen atoms in total. The molecule has 2 rings (SSSR count). The number of hydrogen-bond acceptors (Lipinski definition) is 6. The second kappa shape index (κ2) is 6.34. The second-order valence-electron chi connectivity index (χ2n) is 4.24. The molecule has 2 aromatic rings. The summed E-state index contributed by atoms with van der Waals surface area (Å²) in [6, 6.07) is 12.0. The zero-order chi connectivity index (χ0) is 15.2. The number of anilines is 2. The van der Waals surface area contributed by atoms with Crippen molar-refractivity contribution in [2.45, 2.75) is 6.54 Å². The van der Waals surface area contributed by atoms with Crippen LogP contribution in [0.4, 0.5) is 17.3 Å². The Hall–Kier alpha value is -3.14. The van der Waals surface area contributed by atoms with Crippen molar-refractivity contribution in [3.8, 4) is 6.07 Å². The first-order valence-corrected chi connectivity index (χ1v) is 6.20. The monoisotopic (exact) mass is 283 g/mol. The van der Waals surface area contributed by atoms with E-state index in [1.807, 2.05) is 6.07 Å². The summed E-state index contributed by atoms with van der Waals surface area (Å²) in [5, 5.41) is 25.6. The summed E-state index contributed by atoms with van der Waals surface area (Å²) in [6.07, 6.45) is 0. The Morgan fingerprint density at radius 3 is 2.86 bits per heavy atom. The fraction of sp³-hybridized carbons (Fsp3) is 0.143. The lowest BCUT2D eigenvalue weighted by Gasteiger charge is -2.08. The van der Waals surface area contributed by atoms with Crippen molar-refractivity contribution < 1.29 is 4.92 Å². The van der Waals surface area contributed by atoms with E-state index in [1.54, 1.807) is 31.3 Å². The van der Waals surface area contributed by atoms with E-state index in [-0.39, 0.29) is 11.5 Å². The Bertz CT molecular complexity index is 709. The van der Waals surface area contributed by atoms with Gasteiger partial charge in [0.25, 0.3) is 0 Å². The molecule has 0 unspecified atom stereocenters. The highest BCUT2D eigenvalue weighted by Crippen LogP contribution is 2.24. The van der Waals surface area contributed by atoms with Crippen LogP contribution < -0.4 is 10.6 Å². The molecule has 0 fully saturated rings. The highest BCUT2D eigenvalue weighted by atomic mass is 16.6. The van der Waals surface area contributed by atoms with Crippen LogP contribution >= 0.6 is 0 Å². The number of rotatable bonds is 5. The number of aromatic nitrogens is 1. The minimum Gasteiger partial charge on any atom is -0.373 e. The number of hydrogen-bond donors (Lipinski definition) is 2. The van der Waals surface area contributed by atoms with Crippen LogP contribution in [0.2, 0.25) is 0 Å². The molecule has 0 aliphatic heterocycles. The van der Waals surface area contributed by atoms with E-state index in [9.17, 15) is 10.1 Å². The van der Waals surface area contributed by atoms with Gasteiger partial charge in [0.1, 0.15) is 5.82 Å². The van der Waals surface area contributed by atoms with Gasteiger partial charge in [-0.1, -0.05) is 12.1 Å². The maximum Gasteiger partial charge on any atom is 0.311 e. The van der Waals surface area contributed by atoms with E-state index in [0.717, 1.165) is 5.56 Å². The fourth-order valence-electron chi connectivity index (χ4n) is 1.81. The van der Waals surface area contributed by atoms with Crippen LogP contribution in [-0.2, 0) is 6.54 Å². The van der Waals surface area contributed by atoms with Gasteiger partial charge in [-0.15, -0.1) is 0 Å². The van der Waals surface area contributed by atoms with Crippen molar-refractivity contribution in [3.05, 3.63) is 57.6 Å². The lowest BCUT2D eigenvalue weighted by molar-refractivity contribution is -0.384. The van der Waals surface area contributed by atoms with Crippen LogP contribution in [0.25, 0.3) is 0 Å². The summed E-state index contributed by atoms with van der Waals surface area (Å²) in [7, 11) is 1.69. The largest absolute Gasteiger partial charge is 0.373 e. The molecular weight excluding hydrogens is 270 g/mol. The molecule has 0 spiro atoms. The van der Waals surface area contributed by atoms with Crippen LogP contribution in [0.3, 0.4) is 0 Å². The molecule has 0 atom stereocenters. The van der Waals surface area contributed by atoms with Gasteiger partial charge in [0.2, 0.25) is 5.82 Å². The SMILES string of the molecule is CNc1ccc([N+](=O)[O-])c(NCc2cccc(C#N)c2)n1. The average molecular weight is 283 g/mol. The first kappa shape index (κ1) is 14.3. The van der Waals surface area contributed by atoms with E-state index in [4.69, 9.17) is 5.26 Å². The van der Waals surface area contributed by atoms with Gasteiger partial charge in [-0.2, -0.15) is 5.26 Å². The smallest absolute Gasteiger partial charge is 0.311 e. The van der Waals surface area contributed by atoms with Crippen LogP contribution in [0.5, 0.6) is 0 Å². The van der Waals surface area contributed by atoms with Crippen LogP contribution in [0.15, 0.2) is 36.4 Å². The van der Waals surface area contributed by atoms with Crippen molar-refractivity contribution in [2.24, 2.45) is 0 Å². The topological polar surface area (TPSA) is 104 Å². The number of benzene rings is 1. The van der Waals surface area contributed by atoms with Crippen molar-refractivity contribution in [3.63, 3.8) is 0 Å². The van der Waals surface area contributed by atoms with E-state index in [1.165, 1.54) is 6.07 Å². The van der Waals surface area contributed by atoms with Gasteiger partial charge >= 0.3 is 5.69 Å². The molecule has 106 valence electrons. The second-order valence-corrected chi connectivity index (χ2v) is 4.24. The lowest BCUT2D eigenvalue weighted by Crippen LogP contribution is -2.06. The van der Waals surface area contributed by atoms with Crippen LogP contribution in [-0.4, -0.2) is 17.0 Å². The number of nitrogens with one attached hydrogen (secondary N) is 2. The van der Waals surface area contributed by atoms with Crippen molar-refractivity contribution in [1.29, 1.82) is 5.26 Å². The molecule has 1 aromatic carbocycles. The summed E-state index contributed by atoms with van der Waals surface area (Å²) in [5.74, 6) is 0.725. The van der Waals surface area contributed by atoms with Crippen LogP contribution in [0.1, 0.15) is 11.1 Å². The van der Waals surface area contributed by atoms with Gasteiger partial charge in [-0.25, -0.2) is 4.98 Å². The third-order valence-corrected chi connectivity index (χ3v) is 2.84. The average Bonchev–Trinajstić information content (AvgIpc) is 2.52. The van der Waals surface area contributed by atoms with Gasteiger partial charge < -0.3 is 10.6 Å². The van der Waals surface area contributed by atoms with E-state index >= 15 is 0 Å². The van der Waals surface area contributed by atoms with Gasteiger partial charge in [0.15, 0.2) is 0 Å². The van der Waals surface area contributed by atoms with Gasteiger partial charge in [0, 0.05) is 19.7 Å². The third-order valence-electron chi connectivity index (χ3n) is 2.84. The molecule has 1 heterocycles. The zero-order valence-corrected chi connectivity index (χ0v) is 11.3. The Morgan fingerprint density at radius 1 is 1.38 bits per heavy atom. The summed E-state index contributed by atoms with van der Waals surface area (Å²) in [5.41, 5.74) is 1.30. The Labute approximate surface area is 121 Å². The fourth-order valence-corrected chi connectivity index (χ4v) is 1.81. The van der Waals surface area contributed by atoms with E-state index in [0.29, 0.717) is 17.9 Å². The molecular formula is C14H13N5O2. The summed E-state index contributed by atoms with van der Waals surface area (Å²) in [6.45, 7) is 0.344. The number of nitro groups is 1. The molecule has 0 amide bonds. The van der Waals surface area contributed by atoms with Gasteiger partial charge in [-0.05, 0) is 23.8 Å². The maximum absolute atomic E-state index is 11.0. The van der Waals surface area contributed by atoms with Gasteiger partial charge in [-0.3, -0.25) is 10.1 Å². The normalized spacial score (nSPS) is 9.71. The van der Waals surface area contributed by atoms with Crippen molar-refractivity contribution in [2.75, 3.05) is 17.7 Å². The molecule has 0 aliphatic carbocycles. The summed E-state index contributed by atoms with van der Waals surface area (Å²) < 4.78 is 0. The minimum atomic E-state index is -0.486. The molecule has 0 saturated carbocycles. The van der Waals surface area contributed by atoms with Crippen molar-refractivity contribution >= 4 is 17.3 Å². The summed E-state index contributed by atoms with van der Waals surface area (Å²) >= 11 is 0. The Kier molecular flexibility index (Phi) is 4.31. The molecule has 0 radical (unpaired) electrons. The lowest BCUT2D eigenvalue weighted by atomic mass is 10.1. The number of nitrogens with zero attached hydrogens (tertiary/aromatic N) is 3. The molecule has 1 aromatic heterocycles. The minimum absolute atomic E-state index is 0.0922. The maximum atomic E-state index is 11.0. The quantitative estimate of drug-likeness (QED) is 0.645. The molecule has 2 N–H and O–H groups in total. The van der Waals surface area contributed by atoms with E-state index < -0.39 is 4.92 Å². The van der Waals surface area contributed by atoms with Crippen molar-refractivity contribution in [1.82, 2.24) is 4.98 Å². The molecule has 7 heteroatoms. The number of nitriles is 1. The summed E-state index contributed by atoms with van der Waals surface area (Å²) in [4.78, 5) is 14.7. The predicted octanol–water partition coefficient (Wildman–Crippen LogP) is 2.52. The molecule has 0 saturated heterocycles. The standard InChI is InChI=1S/C14H13N5O2/c1-16-13-6-5-12(19(20)21)14(18-13)17-9-11-4-2-3-10(7-11)8-15/h2-7H,9H2,1H3,(H2,16,17,18). The number of pyridine rings is 1. The highest BCUT2D eigenvalue weighted by molar-refractivity contribution is 5.60. The predicted molar refractivity (Wildman–Crippen MR) is 78.9 cm³/mol. The first-order chi connectivity index (χ1) is 10.1. The Balaban J connectivity index is 2.22. The van der Waals surface area contributed by atoms with Gasteiger partial charge in [0.05, 0.1) is 16.6 Å². The molecule has 0 aliphatic rings. The first-order valence-electron chi connectivity index (χ1n) is 6.20. The zero-order valence-electron chi connectivity index (χ0n) is 11.3. The highest BCUT2D eigenvalue weighted by Gasteiger charge is 2.15.